The molecule has 0 aromatic rings. The summed E-state index contributed by atoms with van der Waals surface area (Å²) in [5.74, 6) is -0.147. The third-order valence-electron chi connectivity index (χ3n) is 2.04. The van der Waals surface area contributed by atoms with Gasteiger partial charge in [0.1, 0.15) is 11.2 Å². The maximum absolute atomic E-state index is 11.9. The molecule has 0 spiro atoms. The first-order valence-corrected chi connectivity index (χ1v) is 8.12. The van der Waals surface area contributed by atoms with Crippen molar-refractivity contribution in [3.05, 3.63) is 0 Å². The van der Waals surface area contributed by atoms with Crippen LogP contribution in [0.15, 0.2) is 0 Å². The van der Waals surface area contributed by atoms with E-state index in [1.54, 1.807) is 41.5 Å². The summed E-state index contributed by atoms with van der Waals surface area (Å²) in [5.41, 5.74) is -1.23. The summed E-state index contributed by atoms with van der Waals surface area (Å²) in [6, 6.07) is -0.529. The predicted molar refractivity (Wildman–Crippen MR) is 86.8 cm³/mol. The van der Waals surface area contributed by atoms with Gasteiger partial charge < -0.3 is 14.8 Å². The van der Waals surface area contributed by atoms with Crippen LogP contribution in [0.3, 0.4) is 0 Å². The average molecular weight is 333 g/mol. The molecule has 1 N–H and O–H groups in total. The topological polar surface area (TPSA) is 81.7 Å². The Bertz CT molecular complexity index is 379. The lowest BCUT2D eigenvalue weighted by atomic mass is 10.2. The minimum absolute atomic E-state index is 0.0171. The van der Waals surface area contributed by atoms with Gasteiger partial charge in [-0.1, -0.05) is 11.8 Å². The Labute approximate surface area is 136 Å². The SMILES string of the molecule is CC(=O)SC[C@H](CC(=O)OC(C)(C)C)NC(=O)OC(C)(C)C. The molecule has 0 aromatic heterocycles. The van der Waals surface area contributed by atoms with Crippen LogP contribution in [-0.4, -0.2) is 40.2 Å². The van der Waals surface area contributed by atoms with Crippen molar-refractivity contribution in [2.75, 3.05) is 5.75 Å². The van der Waals surface area contributed by atoms with Crippen LogP contribution in [0.2, 0.25) is 0 Å². The molecular weight excluding hydrogens is 306 g/mol. The lowest BCUT2D eigenvalue weighted by Crippen LogP contribution is -2.42. The maximum Gasteiger partial charge on any atom is 0.407 e. The van der Waals surface area contributed by atoms with Gasteiger partial charge in [-0.25, -0.2) is 4.79 Å². The highest BCUT2D eigenvalue weighted by Crippen LogP contribution is 2.13. The van der Waals surface area contributed by atoms with E-state index in [1.165, 1.54) is 6.92 Å². The van der Waals surface area contributed by atoms with Gasteiger partial charge in [0, 0.05) is 12.7 Å². The van der Waals surface area contributed by atoms with E-state index in [0.717, 1.165) is 11.8 Å². The lowest BCUT2D eigenvalue weighted by molar-refractivity contribution is -0.155. The third-order valence-corrected chi connectivity index (χ3v) is 3.02. The molecule has 0 aliphatic heterocycles. The van der Waals surface area contributed by atoms with Gasteiger partial charge in [-0.3, -0.25) is 9.59 Å². The van der Waals surface area contributed by atoms with E-state index >= 15 is 0 Å². The zero-order chi connectivity index (χ0) is 17.6. The Kier molecular flexibility index (Phi) is 7.93. The van der Waals surface area contributed by atoms with Crippen LogP contribution in [0.1, 0.15) is 54.9 Å². The first-order valence-electron chi connectivity index (χ1n) is 7.13. The summed E-state index contributed by atoms with van der Waals surface area (Å²) in [4.78, 5) is 34.8. The Morgan fingerprint density at radius 3 is 1.91 bits per heavy atom. The highest BCUT2D eigenvalue weighted by Gasteiger charge is 2.24. The highest BCUT2D eigenvalue weighted by atomic mass is 32.2. The van der Waals surface area contributed by atoms with Gasteiger partial charge in [-0.05, 0) is 41.5 Å². The molecule has 1 atom stereocenters. The normalized spacial score (nSPS) is 13.2. The highest BCUT2D eigenvalue weighted by molar-refractivity contribution is 8.13. The number of thioether (sulfide) groups is 1. The van der Waals surface area contributed by atoms with Gasteiger partial charge in [-0.15, -0.1) is 0 Å². The molecule has 0 saturated carbocycles. The zero-order valence-corrected chi connectivity index (χ0v) is 15.3. The van der Waals surface area contributed by atoms with Crippen molar-refractivity contribution in [3.8, 4) is 0 Å². The number of amides is 1. The van der Waals surface area contributed by atoms with Crippen molar-refractivity contribution in [3.63, 3.8) is 0 Å². The quantitative estimate of drug-likeness (QED) is 0.779. The molecule has 0 saturated heterocycles. The van der Waals surface area contributed by atoms with Crippen molar-refractivity contribution in [1.82, 2.24) is 5.32 Å². The van der Waals surface area contributed by atoms with E-state index in [9.17, 15) is 14.4 Å². The molecule has 0 fully saturated rings. The molecule has 0 rings (SSSR count). The van der Waals surface area contributed by atoms with Gasteiger partial charge in [-0.2, -0.15) is 0 Å². The second-order valence-electron chi connectivity index (χ2n) is 6.94. The van der Waals surface area contributed by atoms with Crippen molar-refractivity contribution in [1.29, 1.82) is 0 Å². The molecule has 0 bridgehead atoms. The van der Waals surface area contributed by atoms with Gasteiger partial charge >= 0.3 is 12.1 Å². The van der Waals surface area contributed by atoms with E-state index in [2.05, 4.69) is 5.32 Å². The summed E-state index contributed by atoms with van der Waals surface area (Å²) >= 11 is 1.04. The fourth-order valence-electron chi connectivity index (χ4n) is 1.43. The van der Waals surface area contributed by atoms with Crippen molar-refractivity contribution >= 4 is 28.9 Å². The first-order chi connectivity index (χ1) is 9.78. The van der Waals surface area contributed by atoms with Crippen LogP contribution in [0, 0.1) is 0 Å². The molecule has 22 heavy (non-hydrogen) atoms. The van der Waals surface area contributed by atoms with Gasteiger partial charge in [0.25, 0.3) is 0 Å². The molecule has 0 aromatic carbocycles. The van der Waals surface area contributed by atoms with E-state index in [-0.39, 0.29) is 17.3 Å². The number of ether oxygens (including phenoxy) is 2. The van der Waals surface area contributed by atoms with Crippen LogP contribution in [0.4, 0.5) is 4.79 Å². The zero-order valence-electron chi connectivity index (χ0n) is 14.4. The summed E-state index contributed by atoms with van der Waals surface area (Å²) in [6.45, 7) is 12.0. The van der Waals surface area contributed by atoms with E-state index < -0.39 is 29.3 Å². The summed E-state index contributed by atoms with van der Waals surface area (Å²) < 4.78 is 10.4. The van der Waals surface area contributed by atoms with Crippen LogP contribution in [-0.2, 0) is 19.1 Å². The largest absolute Gasteiger partial charge is 0.460 e. The van der Waals surface area contributed by atoms with Crippen LogP contribution < -0.4 is 5.32 Å². The minimum atomic E-state index is -0.631. The van der Waals surface area contributed by atoms with Gasteiger partial charge in [0.15, 0.2) is 5.12 Å². The number of rotatable bonds is 5. The number of esters is 1. The van der Waals surface area contributed by atoms with Gasteiger partial charge in [0.2, 0.25) is 0 Å². The fourth-order valence-corrected chi connectivity index (χ4v) is 2.07. The number of carbonyl (C=O) groups is 3. The molecule has 1 amide bonds. The molecule has 0 radical (unpaired) electrons. The van der Waals surface area contributed by atoms with Crippen molar-refractivity contribution in [2.45, 2.75) is 72.1 Å². The summed E-state index contributed by atoms with van der Waals surface area (Å²) in [5, 5.41) is 2.53. The fraction of sp³-hybridized carbons (Fsp3) is 0.800. The van der Waals surface area contributed by atoms with Crippen molar-refractivity contribution < 1.29 is 23.9 Å². The third kappa shape index (κ3) is 12.5. The van der Waals surface area contributed by atoms with E-state index in [4.69, 9.17) is 9.47 Å². The average Bonchev–Trinajstić information content (AvgIpc) is 2.19. The standard InChI is InChI=1S/C15H27NO5S/c1-10(17)22-9-11(8-12(18)20-14(2,3)4)16-13(19)21-15(5,6)7/h11H,8-9H2,1-7H3,(H,16,19)/t11-/m0/s1. The molecule has 0 aliphatic rings. The molecule has 128 valence electrons. The second kappa shape index (κ2) is 8.41. The first kappa shape index (κ1) is 20.8. The number of alkyl carbamates (subject to hydrolysis) is 1. The lowest BCUT2D eigenvalue weighted by Gasteiger charge is -2.24. The van der Waals surface area contributed by atoms with E-state index in [1.807, 2.05) is 0 Å². The number of hydrogen-bond acceptors (Lipinski definition) is 6. The maximum atomic E-state index is 11.9. The second-order valence-corrected chi connectivity index (χ2v) is 8.13. The number of carbonyl (C=O) groups excluding carboxylic acids is 3. The monoisotopic (exact) mass is 333 g/mol. The molecule has 7 heteroatoms. The Morgan fingerprint density at radius 1 is 1.00 bits per heavy atom. The van der Waals surface area contributed by atoms with E-state index in [0.29, 0.717) is 0 Å². The van der Waals surface area contributed by atoms with Gasteiger partial charge in [0.05, 0.1) is 12.5 Å². The Balaban J connectivity index is 4.65. The molecule has 0 aliphatic carbocycles. The number of hydrogen-bond donors (Lipinski definition) is 1. The molecule has 6 nitrogen and oxygen atoms in total. The van der Waals surface area contributed by atoms with Crippen molar-refractivity contribution in [2.24, 2.45) is 0 Å². The number of nitrogens with one attached hydrogen (secondary N) is 1. The Morgan fingerprint density at radius 2 is 1.50 bits per heavy atom. The molecule has 0 heterocycles. The minimum Gasteiger partial charge on any atom is -0.460 e. The predicted octanol–water partition coefficient (Wildman–Crippen LogP) is 2.89. The van der Waals surface area contributed by atoms with Crippen LogP contribution in [0.25, 0.3) is 0 Å². The Hall–Kier alpha value is -1.24. The summed E-state index contributed by atoms with van der Waals surface area (Å²) in [6.07, 6.45) is -0.637. The smallest absolute Gasteiger partial charge is 0.407 e. The molecular formula is C15H27NO5S. The molecule has 0 unspecified atom stereocenters. The van der Waals surface area contributed by atoms with Crippen LogP contribution in [0.5, 0.6) is 0 Å². The van der Waals surface area contributed by atoms with Crippen LogP contribution >= 0.6 is 11.8 Å². The summed E-state index contributed by atoms with van der Waals surface area (Å²) in [7, 11) is 0.